The molecule has 0 saturated heterocycles. The van der Waals surface area contributed by atoms with Crippen molar-refractivity contribution in [2.24, 2.45) is 23.7 Å². The van der Waals surface area contributed by atoms with E-state index in [-0.39, 0.29) is 0 Å². The minimum atomic E-state index is 0.549. The van der Waals surface area contributed by atoms with Gasteiger partial charge in [-0.2, -0.15) is 0 Å². The Labute approximate surface area is 114 Å². The van der Waals surface area contributed by atoms with Crippen molar-refractivity contribution in [1.29, 1.82) is 0 Å². The Morgan fingerprint density at radius 2 is 1.78 bits per heavy atom. The minimum absolute atomic E-state index is 0.549. The molecule has 2 heteroatoms. The molecule has 1 nitrogen and oxygen atoms in total. The molecule has 0 aliphatic heterocycles. The molecule has 4 aliphatic rings. The van der Waals surface area contributed by atoms with Crippen LogP contribution in [-0.2, 0) is 0 Å². The normalized spacial score (nSPS) is 43.3. The number of nitrogens with one attached hydrogen (secondary N) is 1. The van der Waals surface area contributed by atoms with Gasteiger partial charge >= 0.3 is 0 Å². The smallest absolute Gasteiger partial charge is 0.0388 e. The average Bonchev–Trinajstić information content (AvgIpc) is 2.86. The maximum atomic E-state index is 3.97. The highest BCUT2D eigenvalue weighted by atomic mass is 32.1. The first-order chi connectivity index (χ1) is 8.79. The zero-order valence-electron chi connectivity index (χ0n) is 11.1. The van der Waals surface area contributed by atoms with Crippen LogP contribution in [0.25, 0.3) is 0 Å². The number of rotatable bonds is 3. The summed E-state index contributed by atoms with van der Waals surface area (Å²) in [7, 11) is 0. The van der Waals surface area contributed by atoms with Crippen molar-refractivity contribution >= 4 is 11.3 Å². The average molecular weight is 261 g/mol. The summed E-state index contributed by atoms with van der Waals surface area (Å²) in [6.07, 6.45) is 7.62. The lowest BCUT2D eigenvalue weighted by molar-refractivity contribution is -0.0169. The van der Waals surface area contributed by atoms with Crippen molar-refractivity contribution in [3.8, 4) is 0 Å². The largest absolute Gasteiger partial charge is 0.306 e. The second-order valence-electron chi connectivity index (χ2n) is 6.86. The zero-order valence-corrected chi connectivity index (χ0v) is 12.0. The first kappa shape index (κ1) is 11.5. The van der Waals surface area contributed by atoms with E-state index in [1.54, 1.807) is 6.42 Å². The lowest BCUT2D eigenvalue weighted by atomic mass is 9.54. The molecular formula is C16H23NS. The van der Waals surface area contributed by atoms with E-state index in [4.69, 9.17) is 0 Å². The molecule has 5 rings (SSSR count). The lowest BCUT2D eigenvalue weighted by Crippen LogP contribution is -2.54. The van der Waals surface area contributed by atoms with Crippen LogP contribution in [-0.4, -0.2) is 6.04 Å². The van der Waals surface area contributed by atoms with E-state index in [1.807, 2.05) is 11.3 Å². The summed E-state index contributed by atoms with van der Waals surface area (Å²) in [5, 5.41) is 6.17. The molecule has 1 aromatic heterocycles. The van der Waals surface area contributed by atoms with Gasteiger partial charge in [-0.05, 0) is 74.1 Å². The summed E-state index contributed by atoms with van der Waals surface area (Å²) >= 11 is 1.89. The van der Waals surface area contributed by atoms with Crippen LogP contribution in [0.1, 0.15) is 49.9 Å². The van der Waals surface area contributed by atoms with Gasteiger partial charge in [0.15, 0.2) is 0 Å². The van der Waals surface area contributed by atoms with Crippen molar-refractivity contribution in [2.45, 2.75) is 51.1 Å². The third kappa shape index (κ3) is 1.85. The van der Waals surface area contributed by atoms with Crippen molar-refractivity contribution in [3.63, 3.8) is 0 Å². The second-order valence-corrected chi connectivity index (χ2v) is 7.84. The Morgan fingerprint density at radius 1 is 1.11 bits per heavy atom. The first-order valence-corrected chi connectivity index (χ1v) is 8.47. The SMILES string of the molecule is CC(NC1C2CC3CC(C2)CC1C3)c1cccs1. The predicted octanol–water partition coefficient (Wildman–Crippen LogP) is 4.22. The predicted molar refractivity (Wildman–Crippen MR) is 76.7 cm³/mol. The zero-order chi connectivity index (χ0) is 12.1. The van der Waals surface area contributed by atoms with Crippen LogP contribution in [0.4, 0.5) is 0 Å². The lowest BCUT2D eigenvalue weighted by Gasteiger charge is -2.55. The van der Waals surface area contributed by atoms with Gasteiger partial charge in [-0.1, -0.05) is 6.07 Å². The molecular weight excluding hydrogens is 238 g/mol. The Hall–Kier alpha value is -0.340. The topological polar surface area (TPSA) is 12.0 Å². The van der Waals surface area contributed by atoms with Crippen LogP contribution in [0.5, 0.6) is 0 Å². The van der Waals surface area contributed by atoms with Crippen molar-refractivity contribution in [1.82, 2.24) is 5.32 Å². The molecule has 4 aliphatic carbocycles. The molecule has 1 aromatic rings. The fraction of sp³-hybridized carbons (Fsp3) is 0.750. The highest BCUT2D eigenvalue weighted by molar-refractivity contribution is 7.10. The monoisotopic (exact) mass is 261 g/mol. The van der Waals surface area contributed by atoms with Gasteiger partial charge in [0.2, 0.25) is 0 Å². The summed E-state index contributed by atoms with van der Waals surface area (Å²) in [6.45, 7) is 2.34. The summed E-state index contributed by atoms with van der Waals surface area (Å²) in [5.74, 6) is 4.15. The minimum Gasteiger partial charge on any atom is -0.306 e. The fourth-order valence-electron chi connectivity index (χ4n) is 5.11. The molecule has 18 heavy (non-hydrogen) atoms. The molecule has 1 N–H and O–H groups in total. The number of hydrogen-bond acceptors (Lipinski definition) is 2. The summed E-state index contributed by atoms with van der Waals surface area (Å²) < 4.78 is 0. The fourth-order valence-corrected chi connectivity index (χ4v) is 5.85. The van der Waals surface area contributed by atoms with Crippen LogP contribution in [0, 0.1) is 23.7 Å². The maximum Gasteiger partial charge on any atom is 0.0388 e. The van der Waals surface area contributed by atoms with Crippen LogP contribution < -0.4 is 5.32 Å². The van der Waals surface area contributed by atoms with Gasteiger partial charge in [0.1, 0.15) is 0 Å². The van der Waals surface area contributed by atoms with Crippen LogP contribution in [0.15, 0.2) is 17.5 Å². The molecule has 4 saturated carbocycles. The van der Waals surface area contributed by atoms with Gasteiger partial charge in [-0.25, -0.2) is 0 Å². The summed E-state index contributed by atoms with van der Waals surface area (Å²) in [5.41, 5.74) is 0. The molecule has 0 amide bonds. The van der Waals surface area contributed by atoms with E-state index in [2.05, 4.69) is 29.8 Å². The van der Waals surface area contributed by atoms with E-state index in [1.165, 1.54) is 30.6 Å². The van der Waals surface area contributed by atoms with Crippen LogP contribution in [0.2, 0.25) is 0 Å². The van der Waals surface area contributed by atoms with Crippen LogP contribution in [0.3, 0.4) is 0 Å². The van der Waals surface area contributed by atoms with Gasteiger partial charge in [-0.15, -0.1) is 11.3 Å². The van der Waals surface area contributed by atoms with Gasteiger partial charge in [0, 0.05) is 17.0 Å². The quantitative estimate of drug-likeness (QED) is 0.859. The van der Waals surface area contributed by atoms with Crippen molar-refractivity contribution in [2.75, 3.05) is 0 Å². The van der Waals surface area contributed by atoms with E-state index in [0.29, 0.717) is 6.04 Å². The Morgan fingerprint density at radius 3 is 2.33 bits per heavy atom. The van der Waals surface area contributed by atoms with Crippen molar-refractivity contribution in [3.05, 3.63) is 22.4 Å². The van der Waals surface area contributed by atoms with E-state index < -0.39 is 0 Å². The molecule has 4 bridgehead atoms. The van der Waals surface area contributed by atoms with Gasteiger partial charge in [0.25, 0.3) is 0 Å². The van der Waals surface area contributed by atoms with E-state index in [0.717, 1.165) is 29.7 Å². The highest BCUT2D eigenvalue weighted by Crippen LogP contribution is 2.54. The van der Waals surface area contributed by atoms with Crippen LogP contribution >= 0.6 is 11.3 Å². The molecule has 1 atom stereocenters. The highest BCUT2D eigenvalue weighted by Gasteiger charge is 2.48. The Kier molecular flexibility index (Phi) is 2.77. The Bertz CT molecular complexity index is 383. The molecule has 0 spiro atoms. The summed E-state index contributed by atoms with van der Waals surface area (Å²) in [6, 6.07) is 5.82. The van der Waals surface area contributed by atoms with E-state index >= 15 is 0 Å². The molecule has 98 valence electrons. The number of hydrogen-bond donors (Lipinski definition) is 1. The second kappa shape index (κ2) is 4.35. The first-order valence-electron chi connectivity index (χ1n) is 7.59. The molecule has 0 aromatic carbocycles. The van der Waals surface area contributed by atoms with Crippen molar-refractivity contribution < 1.29 is 0 Å². The third-order valence-electron chi connectivity index (χ3n) is 5.64. The van der Waals surface area contributed by atoms with E-state index in [9.17, 15) is 0 Å². The Balaban J connectivity index is 1.49. The third-order valence-corrected chi connectivity index (χ3v) is 6.69. The standard InChI is InChI=1S/C16H23NS/c1-10(15-3-2-4-18-15)17-16-13-6-11-5-12(8-13)9-14(16)7-11/h2-4,10-14,16-17H,5-9H2,1H3. The van der Waals surface area contributed by atoms with Gasteiger partial charge in [0.05, 0.1) is 0 Å². The molecule has 1 heterocycles. The summed E-state index contributed by atoms with van der Waals surface area (Å²) in [4.78, 5) is 1.50. The van der Waals surface area contributed by atoms with Gasteiger partial charge in [-0.3, -0.25) is 0 Å². The van der Waals surface area contributed by atoms with Gasteiger partial charge < -0.3 is 5.32 Å². The molecule has 4 fully saturated rings. The molecule has 0 radical (unpaired) electrons. The maximum absolute atomic E-state index is 3.97. The molecule has 1 unspecified atom stereocenters. The number of thiophene rings is 1.